The molecule has 20 heavy (non-hydrogen) atoms. The molecular weight excluding hydrogens is 254 g/mol. The fourth-order valence-electron chi connectivity index (χ4n) is 1.56. The number of ether oxygens (including phenoxy) is 1. The van der Waals surface area contributed by atoms with E-state index in [1.54, 1.807) is 0 Å². The predicted octanol–water partition coefficient (Wildman–Crippen LogP) is 2.90. The van der Waals surface area contributed by atoms with E-state index >= 15 is 0 Å². The zero-order valence-corrected chi connectivity index (χ0v) is 12.3. The maximum absolute atomic E-state index is 11.4. The summed E-state index contributed by atoms with van der Waals surface area (Å²) in [6, 6.07) is 7.72. The molecular formula is C15H23N3O2. The molecule has 1 amide bonds. The van der Waals surface area contributed by atoms with E-state index in [9.17, 15) is 4.79 Å². The first-order valence-corrected chi connectivity index (χ1v) is 6.61. The Hall–Kier alpha value is -2.01. The standard InChI is InChI=1S/C15H23N3O2/c1-15(2,3)20-14(19)17-11-7-6-9-12-8-4-5-10-13(12)18-16/h4-6,8-10,18H,7,11,16H2,1-3H3,(H,17,19). The number of rotatable bonds is 5. The Kier molecular flexibility index (Phi) is 6.06. The van der Waals surface area contributed by atoms with E-state index < -0.39 is 11.7 Å². The van der Waals surface area contributed by atoms with Crippen molar-refractivity contribution in [1.82, 2.24) is 5.32 Å². The number of anilines is 1. The van der Waals surface area contributed by atoms with Gasteiger partial charge in [0.15, 0.2) is 0 Å². The van der Waals surface area contributed by atoms with Gasteiger partial charge in [-0.15, -0.1) is 0 Å². The predicted molar refractivity (Wildman–Crippen MR) is 82.1 cm³/mol. The Bertz CT molecular complexity index is 464. The second kappa shape index (κ2) is 7.55. The maximum Gasteiger partial charge on any atom is 0.407 e. The lowest BCUT2D eigenvalue weighted by Crippen LogP contribution is -2.32. The molecule has 0 bridgehead atoms. The van der Waals surface area contributed by atoms with Gasteiger partial charge in [0.1, 0.15) is 5.60 Å². The molecule has 5 heteroatoms. The summed E-state index contributed by atoms with van der Waals surface area (Å²) >= 11 is 0. The van der Waals surface area contributed by atoms with Crippen LogP contribution in [-0.4, -0.2) is 18.2 Å². The van der Waals surface area contributed by atoms with Crippen LogP contribution in [0.25, 0.3) is 6.08 Å². The largest absolute Gasteiger partial charge is 0.444 e. The van der Waals surface area contributed by atoms with Gasteiger partial charge in [0.25, 0.3) is 0 Å². The van der Waals surface area contributed by atoms with Crippen LogP contribution in [0, 0.1) is 0 Å². The molecule has 0 heterocycles. The number of hydrazine groups is 1. The third kappa shape index (κ3) is 6.24. The van der Waals surface area contributed by atoms with Crippen LogP contribution >= 0.6 is 0 Å². The molecule has 4 N–H and O–H groups in total. The van der Waals surface area contributed by atoms with E-state index in [0.717, 1.165) is 17.7 Å². The van der Waals surface area contributed by atoms with E-state index in [4.69, 9.17) is 10.6 Å². The highest BCUT2D eigenvalue weighted by Crippen LogP contribution is 2.15. The van der Waals surface area contributed by atoms with E-state index in [0.29, 0.717) is 6.54 Å². The van der Waals surface area contributed by atoms with E-state index in [1.807, 2.05) is 57.2 Å². The highest BCUT2D eigenvalue weighted by molar-refractivity contribution is 5.68. The van der Waals surface area contributed by atoms with Crippen molar-refractivity contribution in [3.05, 3.63) is 35.9 Å². The van der Waals surface area contributed by atoms with Crippen LogP contribution in [0.5, 0.6) is 0 Å². The Balaban J connectivity index is 2.34. The number of hydrogen-bond donors (Lipinski definition) is 3. The number of hydrogen-bond acceptors (Lipinski definition) is 4. The lowest BCUT2D eigenvalue weighted by Gasteiger charge is -2.19. The van der Waals surface area contributed by atoms with E-state index in [2.05, 4.69) is 10.7 Å². The normalized spacial score (nSPS) is 11.4. The van der Waals surface area contributed by atoms with Crippen molar-refractivity contribution in [2.75, 3.05) is 12.0 Å². The molecule has 0 aliphatic carbocycles. The van der Waals surface area contributed by atoms with Crippen LogP contribution in [0.4, 0.5) is 10.5 Å². The van der Waals surface area contributed by atoms with Crippen molar-refractivity contribution in [1.29, 1.82) is 0 Å². The number of nitrogen functional groups attached to an aromatic ring is 1. The molecule has 0 aliphatic heterocycles. The van der Waals surface area contributed by atoms with E-state index in [1.165, 1.54) is 0 Å². The molecule has 5 nitrogen and oxygen atoms in total. The quantitative estimate of drug-likeness (QED) is 0.439. The number of benzene rings is 1. The topological polar surface area (TPSA) is 76.4 Å². The summed E-state index contributed by atoms with van der Waals surface area (Å²) in [5, 5.41) is 2.70. The number of nitrogens with one attached hydrogen (secondary N) is 2. The molecule has 0 saturated carbocycles. The summed E-state index contributed by atoms with van der Waals surface area (Å²) in [7, 11) is 0. The smallest absolute Gasteiger partial charge is 0.407 e. The molecule has 0 unspecified atom stereocenters. The van der Waals surface area contributed by atoms with Crippen LogP contribution < -0.4 is 16.6 Å². The fraction of sp³-hybridized carbons (Fsp3) is 0.400. The Morgan fingerprint density at radius 2 is 2.05 bits per heavy atom. The van der Waals surface area contributed by atoms with E-state index in [-0.39, 0.29) is 0 Å². The van der Waals surface area contributed by atoms with Crippen LogP contribution in [-0.2, 0) is 4.74 Å². The van der Waals surface area contributed by atoms with Crippen molar-refractivity contribution in [2.45, 2.75) is 32.8 Å². The molecule has 0 fully saturated rings. The summed E-state index contributed by atoms with van der Waals surface area (Å²) in [5.41, 5.74) is 4.04. The van der Waals surface area contributed by atoms with Gasteiger partial charge in [-0.25, -0.2) is 4.79 Å². The third-order valence-corrected chi connectivity index (χ3v) is 2.39. The summed E-state index contributed by atoms with van der Waals surface area (Å²) < 4.78 is 5.14. The second-order valence-corrected chi connectivity index (χ2v) is 5.35. The molecule has 110 valence electrons. The zero-order chi connectivity index (χ0) is 15.0. The minimum absolute atomic E-state index is 0.394. The van der Waals surface area contributed by atoms with Gasteiger partial charge in [0.2, 0.25) is 0 Å². The minimum atomic E-state index is -0.467. The average molecular weight is 277 g/mol. The number of amides is 1. The second-order valence-electron chi connectivity index (χ2n) is 5.35. The molecule has 1 rings (SSSR count). The van der Waals surface area contributed by atoms with Gasteiger partial charge in [-0.1, -0.05) is 30.4 Å². The number of nitrogens with two attached hydrogens (primary N) is 1. The molecule has 1 aromatic carbocycles. The first-order valence-electron chi connectivity index (χ1n) is 6.61. The monoisotopic (exact) mass is 277 g/mol. The van der Waals surface area contributed by atoms with Crippen LogP contribution in [0.15, 0.2) is 30.3 Å². The summed E-state index contributed by atoms with van der Waals surface area (Å²) in [5.74, 6) is 5.42. The van der Waals surface area contributed by atoms with Crippen LogP contribution in [0.2, 0.25) is 0 Å². The first kappa shape index (κ1) is 16.0. The lowest BCUT2D eigenvalue weighted by atomic mass is 10.1. The molecule has 0 saturated heterocycles. The zero-order valence-electron chi connectivity index (χ0n) is 12.3. The van der Waals surface area contributed by atoms with Gasteiger partial charge < -0.3 is 15.5 Å². The first-order chi connectivity index (χ1) is 9.42. The number of alkyl carbamates (subject to hydrolysis) is 1. The summed E-state index contributed by atoms with van der Waals surface area (Å²) in [6.07, 6.45) is 4.27. The van der Waals surface area contributed by atoms with Crippen LogP contribution in [0.3, 0.4) is 0 Å². The van der Waals surface area contributed by atoms with Gasteiger partial charge in [0, 0.05) is 6.54 Å². The Morgan fingerprint density at radius 1 is 1.35 bits per heavy atom. The average Bonchev–Trinajstić information content (AvgIpc) is 2.36. The highest BCUT2D eigenvalue weighted by Gasteiger charge is 2.15. The van der Waals surface area contributed by atoms with Crippen molar-refractivity contribution in [3.8, 4) is 0 Å². The maximum atomic E-state index is 11.4. The molecule has 0 spiro atoms. The van der Waals surface area contributed by atoms with Gasteiger partial charge in [-0.05, 0) is 38.8 Å². The summed E-state index contributed by atoms with van der Waals surface area (Å²) in [4.78, 5) is 11.4. The van der Waals surface area contributed by atoms with Crippen molar-refractivity contribution >= 4 is 17.9 Å². The van der Waals surface area contributed by atoms with Gasteiger partial charge in [-0.2, -0.15) is 0 Å². The molecule has 1 aromatic rings. The number of carbonyl (C=O) groups excluding carboxylic acids is 1. The lowest BCUT2D eigenvalue weighted by molar-refractivity contribution is 0.0529. The Labute approximate surface area is 120 Å². The SMILES string of the molecule is CC(C)(C)OC(=O)NCCC=Cc1ccccc1NN. The number of carbonyl (C=O) groups is 1. The van der Waals surface area contributed by atoms with Gasteiger partial charge in [0.05, 0.1) is 5.69 Å². The Morgan fingerprint density at radius 3 is 2.70 bits per heavy atom. The van der Waals surface area contributed by atoms with Crippen molar-refractivity contribution in [2.24, 2.45) is 5.84 Å². The summed E-state index contributed by atoms with van der Waals surface area (Å²) in [6.45, 7) is 6.04. The van der Waals surface area contributed by atoms with Crippen molar-refractivity contribution in [3.63, 3.8) is 0 Å². The molecule has 0 aliphatic rings. The molecule has 0 aromatic heterocycles. The van der Waals surface area contributed by atoms with Crippen molar-refractivity contribution < 1.29 is 9.53 Å². The molecule has 0 atom stereocenters. The van der Waals surface area contributed by atoms with Gasteiger partial charge >= 0.3 is 6.09 Å². The minimum Gasteiger partial charge on any atom is -0.444 e. The van der Waals surface area contributed by atoms with Gasteiger partial charge in [-0.3, -0.25) is 5.84 Å². The highest BCUT2D eigenvalue weighted by atomic mass is 16.6. The number of para-hydroxylation sites is 1. The third-order valence-electron chi connectivity index (χ3n) is 2.39. The van der Waals surface area contributed by atoms with Crippen LogP contribution in [0.1, 0.15) is 32.8 Å². The fourth-order valence-corrected chi connectivity index (χ4v) is 1.56. The molecule has 0 radical (unpaired) electrons.